The number of carbonyl (C=O) groups is 2. The largest absolute Gasteiger partial charge is 0.350 e. The molecule has 1 atom stereocenters. The summed E-state index contributed by atoms with van der Waals surface area (Å²) in [5.41, 5.74) is 2.89. The van der Waals surface area contributed by atoms with Gasteiger partial charge in [-0.3, -0.25) is 9.59 Å². The lowest BCUT2D eigenvalue weighted by atomic mass is 10.0. The minimum Gasteiger partial charge on any atom is -0.350 e. The molecule has 10 heteroatoms. The quantitative estimate of drug-likeness (QED) is 0.215. The van der Waals surface area contributed by atoms with Crippen LogP contribution in [-0.4, -0.2) is 42.2 Å². The number of halogens is 2. The summed E-state index contributed by atoms with van der Waals surface area (Å²) in [6.45, 7) is -0.174. The molecule has 2 amide bonds. The predicted octanol–water partition coefficient (Wildman–Crippen LogP) is 5.84. The average molecular weight is 625 g/mol. The zero-order valence-corrected chi connectivity index (χ0v) is 25.3. The van der Waals surface area contributed by atoms with Crippen LogP contribution in [0.5, 0.6) is 0 Å². The number of nitrogens with one attached hydrogen (secondary N) is 1. The number of rotatable bonds is 12. The second-order valence-electron chi connectivity index (χ2n) is 9.82. The van der Waals surface area contributed by atoms with E-state index in [9.17, 15) is 18.0 Å². The van der Waals surface area contributed by atoms with E-state index >= 15 is 0 Å². The van der Waals surface area contributed by atoms with Gasteiger partial charge in [0, 0.05) is 29.7 Å². The average Bonchev–Trinajstić information content (AvgIpc) is 2.98. The standard InChI is InChI=1S/C32H31Cl2N3O4S/c1-42(40,41)36(21-25-8-4-2-5-9-25)23-30(38)37(22-26-14-18-29(34)19-15-26)31(27-10-6-3-7-11-27)32(39)35-20-24-12-16-28(33)17-13-24/h2-19,31H,20-23H2,1H3,(H,35,39). The van der Waals surface area contributed by atoms with Gasteiger partial charge in [0.15, 0.2) is 0 Å². The first-order valence-corrected chi connectivity index (χ1v) is 15.8. The van der Waals surface area contributed by atoms with E-state index in [0.29, 0.717) is 15.6 Å². The normalized spacial score (nSPS) is 12.1. The summed E-state index contributed by atoms with van der Waals surface area (Å²) in [7, 11) is -3.77. The molecule has 0 aliphatic heterocycles. The second kappa shape index (κ2) is 14.5. The number of nitrogens with zero attached hydrogens (tertiary/aromatic N) is 2. The van der Waals surface area contributed by atoms with Crippen LogP contribution in [0.4, 0.5) is 0 Å². The minimum atomic E-state index is -3.77. The summed E-state index contributed by atoms with van der Waals surface area (Å²) in [6.07, 6.45) is 1.07. The first-order chi connectivity index (χ1) is 20.1. The third kappa shape index (κ3) is 8.90. The Hall–Kier alpha value is -3.69. The zero-order chi connectivity index (χ0) is 30.1. The van der Waals surface area contributed by atoms with Crippen LogP contribution in [0.3, 0.4) is 0 Å². The Morgan fingerprint density at radius 2 is 1.21 bits per heavy atom. The molecular weight excluding hydrogens is 593 g/mol. The van der Waals surface area contributed by atoms with Crippen molar-refractivity contribution in [1.29, 1.82) is 0 Å². The molecule has 0 aromatic heterocycles. The third-order valence-corrected chi connectivity index (χ3v) is 8.32. The van der Waals surface area contributed by atoms with E-state index in [-0.39, 0.29) is 19.6 Å². The van der Waals surface area contributed by atoms with Gasteiger partial charge in [0.25, 0.3) is 0 Å². The second-order valence-corrected chi connectivity index (χ2v) is 12.7. The van der Waals surface area contributed by atoms with E-state index in [1.807, 2.05) is 24.3 Å². The van der Waals surface area contributed by atoms with Crippen molar-refractivity contribution in [3.05, 3.63) is 141 Å². The summed E-state index contributed by atoms with van der Waals surface area (Å²) >= 11 is 12.1. The molecule has 0 saturated heterocycles. The zero-order valence-electron chi connectivity index (χ0n) is 23.0. The predicted molar refractivity (Wildman–Crippen MR) is 166 cm³/mol. The van der Waals surface area contributed by atoms with Gasteiger partial charge in [-0.15, -0.1) is 0 Å². The summed E-state index contributed by atoms with van der Waals surface area (Å²) in [6, 6.07) is 31.0. The van der Waals surface area contributed by atoms with Crippen LogP contribution in [0.2, 0.25) is 10.0 Å². The Balaban J connectivity index is 1.69. The molecular formula is C32H31Cl2N3O4S. The lowest BCUT2D eigenvalue weighted by Gasteiger charge is -2.33. The van der Waals surface area contributed by atoms with E-state index in [4.69, 9.17) is 23.2 Å². The highest BCUT2D eigenvalue weighted by Gasteiger charge is 2.33. The molecule has 0 fully saturated rings. The van der Waals surface area contributed by atoms with Crippen molar-refractivity contribution in [3.8, 4) is 0 Å². The molecule has 0 radical (unpaired) electrons. The minimum absolute atomic E-state index is 0.0129. The summed E-state index contributed by atoms with van der Waals surface area (Å²) < 4.78 is 26.7. The van der Waals surface area contributed by atoms with E-state index in [2.05, 4.69) is 5.32 Å². The Kier molecular flexibility index (Phi) is 10.8. The molecule has 0 heterocycles. The summed E-state index contributed by atoms with van der Waals surface area (Å²) in [4.78, 5) is 29.4. The van der Waals surface area contributed by atoms with Gasteiger partial charge in [-0.05, 0) is 46.5 Å². The number of amides is 2. The van der Waals surface area contributed by atoms with Crippen molar-refractivity contribution in [2.24, 2.45) is 0 Å². The highest BCUT2D eigenvalue weighted by Crippen LogP contribution is 2.26. The topological polar surface area (TPSA) is 86.8 Å². The first-order valence-electron chi connectivity index (χ1n) is 13.2. The van der Waals surface area contributed by atoms with Crippen molar-refractivity contribution in [2.45, 2.75) is 25.7 Å². The number of hydrogen-bond acceptors (Lipinski definition) is 4. The maximum Gasteiger partial charge on any atom is 0.247 e. The highest BCUT2D eigenvalue weighted by atomic mass is 35.5. The molecule has 1 unspecified atom stereocenters. The number of sulfonamides is 1. The summed E-state index contributed by atoms with van der Waals surface area (Å²) in [5, 5.41) is 4.05. The fraction of sp³-hybridized carbons (Fsp3) is 0.188. The van der Waals surface area contributed by atoms with Crippen LogP contribution in [0.25, 0.3) is 0 Å². The van der Waals surface area contributed by atoms with E-state index in [0.717, 1.165) is 27.3 Å². The van der Waals surface area contributed by atoms with Gasteiger partial charge in [0.2, 0.25) is 21.8 Å². The Bertz CT molecular complexity index is 1580. The van der Waals surface area contributed by atoms with Crippen molar-refractivity contribution in [1.82, 2.24) is 14.5 Å². The van der Waals surface area contributed by atoms with Crippen molar-refractivity contribution in [3.63, 3.8) is 0 Å². The number of hydrogen-bond donors (Lipinski definition) is 1. The maximum absolute atomic E-state index is 14.1. The fourth-order valence-electron chi connectivity index (χ4n) is 4.43. The lowest BCUT2D eigenvalue weighted by Crippen LogP contribution is -2.47. The lowest BCUT2D eigenvalue weighted by molar-refractivity contribution is -0.141. The van der Waals surface area contributed by atoms with Crippen LogP contribution >= 0.6 is 23.2 Å². The number of carbonyl (C=O) groups excluding carboxylic acids is 2. The monoisotopic (exact) mass is 623 g/mol. The Morgan fingerprint density at radius 1 is 0.714 bits per heavy atom. The van der Waals surface area contributed by atoms with Gasteiger partial charge >= 0.3 is 0 Å². The highest BCUT2D eigenvalue weighted by molar-refractivity contribution is 7.88. The van der Waals surface area contributed by atoms with Crippen LogP contribution in [0, 0.1) is 0 Å². The Labute approximate surface area is 256 Å². The van der Waals surface area contributed by atoms with Crippen LogP contribution in [-0.2, 0) is 39.2 Å². The van der Waals surface area contributed by atoms with Gasteiger partial charge in [0.05, 0.1) is 12.8 Å². The first kappa shape index (κ1) is 31.3. The van der Waals surface area contributed by atoms with Crippen LogP contribution in [0.1, 0.15) is 28.3 Å². The molecule has 4 aromatic carbocycles. The molecule has 218 valence electrons. The van der Waals surface area contributed by atoms with Crippen molar-refractivity contribution < 1.29 is 18.0 Å². The van der Waals surface area contributed by atoms with Crippen LogP contribution in [0.15, 0.2) is 109 Å². The van der Waals surface area contributed by atoms with E-state index in [1.54, 1.807) is 84.9 Å². The molecule has 0 saturated carbocycles. The molecule has 0 aliphatic carbocycles. The Morgan fingerprint density at radius 3 is 1.76 bits per heavy atom. The van der Waals surface area contributed by atoms with Gasteiger partial charge < -0.3 is 10.2 Å². The van der Waals surface area contributed by atoms with Gasteiger partial charge in [0.1, 0.15) is 6.04 Å². The molecule has 0 bridgehead atoms. The van der Waals surface area contributed by atoms with Gasteiger partial charge in [-0.25, -0.2) is 8.42 Å². The van der Waals surface area contributed by atoms with Gasteiger partial charge in [-0.1, -0.05) is 108 Å². The van der Waals surface area contributed by atoms with Crippen LogP contribution < -0.4 is 5.32 Å². The van der Waals surface area contributed by atoms with E-state index < -0.39 is 34.4 Å². The smallest absolute Gasteiger partial charge is 0.247 e. The maximum atomic E-state index is 14.1. The van der Waals surface area contributed by atoms with E-state index in [1.165, 1.54) is 4.90 Å². The third-order valence-electron chi connectivity index (χ3n) is 6.62. The van der Waals surface area contributed by atoms with Crippen molar-refractivity contribution in [2.75, 3.05) is 12.8 Å². The number of benzene rings is 4. The van der Waals surface area contributed by atoms with Gasteiger partial charge in [-0.2, -0.15) is 4.31 Å². The summed E-state index contributed by atoms with van der Waals surface area (Å²) in [5.74, 6) is -0.936. The molecule has 4 aromatic rings. The molecule has 4 rings (SSSR count). The molecule has 1 N–H and O–H groups in total. The van der Waals surface area contributed by atoms with Crippen molar-refractivity contribution >= 4 is 45.0 Å². The molecule has 0 spiro atoms. The molecule has 42 heavy (non-hydrogen) atoms. The molecule has 0 aliphatic rings. The SMILES string of the molecule is CS(=O)(=O)N(CC(=O)N(Cc1ccc(Cl)cc1)C(C(=O)NCc1ccc(Cl)cc1)c1ccccc1)Cc1ccccc1. The molecule has 7 nitrogen and oxygen atoms in total. The fourth-order valence-corrected chi connectivity index (χ4v) is 5.41.